The van der Waals surface area contributed by atoms with Crippen molar-refractivity contribution in [3.63, 3.8) is 0 Å². The standard InChI is InChI=1S/C12H13FN6O4/c13-7-6(4-20)23-10(8(7)21)19-9-5(3-16-11(15)17-9)18(2-1-14)12(19)22/h3,6-8,10,20-21H,2,4H2,(H2,15,16,17)/t6-,7-,8-,10-/m1/s1. The summed E-state index contributed by atoms with van der Waals surface area (Å²) in [5.74, 6) is -0.136. The highest BCUT2D eigenvalue weighted by Crippen LogP contribution is 2.32. The van der Waals surface area contributed by atoms with E-state index in [1.165, 1.54) is 6.20 Å². The number of aliphatic hydroxyl groups is 2. The second kappa shape index (κ2) is 5.58. The number of alkyl halides is 1. The molecule has 0 unspecified atom stereocenters. The Kier molecular flexibility index (Phi) is 3.72. The van der Waals surface area contributed by atoms with Gasteiger partial charge in [-0.25, -0.2) is 18.7 Å². The Bertz CT molecular complexity index is 842. The largest absolute Gasteiger partial charge is 0.394 e. The van der Waals surface area contributed by atoms with Gasteiger partial charge in [0.05, 0.1) is 18.9 Å². The first-order chi connectivity index (χ1) is 11.0. The molecule has 0 bridgehead atoms. The van der Waals surface area contributed by atoms with Gasteiger partial charge in [-0.05, 0) is 0 Å². The second-order valence-corrected chi connectivity index (χ2v) is 5.02. The maximum Gasteiger partial charge on any atom is 0.333 e. The van der Waals surface area contributed by atoms with E-state index in [0.29, 0.717) is 0 Å². The molecule has 4 atom stereocenters. The highest BCUT2D eigenvalue weighted by atomic mass is 19.1. The number of imidazole rings is 1. The van der Waals surface area contributed by atoms with Crippen LogP contribution in [0.15, 0.2) is 11.0 Å². The number of nitrogens with zero attached hydrogens (tertiary/aromatic N) is 5. The molecule has 23 heavy (non-hydrogen) atoms. The molecule has 1 aliphatic heterocycles. The Morgan fingerprint density at radius 2 is 2.30 bits per heavy atom. The van der Waals surface area contributed by atoms with Crippen LogP contribution in [-0.4, -0.2) is 54.3 Å². The van der Waals surface area contributed by atoms with Crippen LogP contribution < -0.4 is 11.4 Å². The van der Waals surface area contributed by atoms with Crippen LogP contribution in [0.2, 0.25) is 0 Å². The zero-order chi connectivity index (χ0) is 16.7. The average Bonchev–Trinajstić information content (AvgIpc) is 2.95. The normalized spacial score (nSPS) is 27.4. The third kappa shape index (κ3) is 2.24. The molecule has 4 N–H and O–H groups in total. The van der Waals surface area contributed by atoms with Crippen LogP contribution in [-0.2, 0) is 11.3 Å². The third-order valence-electron chi connectivity index (χ3n) is 3.68. The van der Waals surface area contributed by atoms with E-state index < -0.39 is 36.9 Å². The first-order valence-corrected chi connectivity index (χ1v) is 6.68. The van der Waals surface area contributed by atoms with E-state index in [9.17, 15) is 14.3 Å². The molecule has 3 heterocycles. The molecule has 1 fully saturated rings. The van der Waals surface area contributed by atoms with E-state index in [4.69, 9.17) is 20.8 Å². The van der Waals surface area contributed by atoms with Gasteiger partial charge in [0.25, 0.3) is 0 Å². The highest BCUT2D eigenvalue weighted by Gasteiger charge is 2.46. The van der Waals surface area contributed by atoms with Gasteiger partial charge in [-0.15, -0.1) is 0 Å². The first kappa shape index (κ1) is 15.3. The number of aromatic nitrogens is 4. The summed E-state index contributed by atoms with van der Waals surface area (Å²) in [6, 6.07) is 1.82. The molecule has 122 valence electrons. The number of rotatable bonds is 3. The number of nitrogen functional groups attached to an aromatic ring is 1. The molecule has 10 nitrogen and oxygen atoms in total. The molecule has 3 rings (SSSR count). The molecule has 1 aliphatic rings. The maximum absolute atomic E-state index is 13.9. The predicted octanol–water partition coefficient (Wildman–Crippen LogP) is -1.71. The van der Waals surface area contributed by atoms with Crippen LogP contribution in [0.3, 0.4) is 0 Å². The van der Waals surface area contributed by atoms with Gasteiger partial charge in [0, 0.05) is 0 Å². The van der Waals surface area contributed by atoms with Crippen LogP contribution in [0.4, 0.5) is 10.3 Å². The number of hydrogen-bond acceptors (Lipinski definition) is 8. The summed E-state index contributed by atoms with van der Waals surface area (Å²) < 4.78 is 21.1. The number of fused-ring (bicyclic) bond motifs is 1. The minimum atomic E-state index is -1.87. The van der Waals surface area contributed by atoms with Gasteiger partial charge in [0.1, 0.15) is 24.3 Å². The van der Waals surface area contributed by atoms with E-state index in [1.54, 1.807) is 0 Å². The molecular formula is C12H13FN6O4. The molecule has 1 saturated heterocycles. The van der Waals surface area contributed by atoms with Crippen molar-refractivity contribution in [1.29, 1.82) is 5.26 Å². The van der Waals surface area contributed by atoms with Crippen LogP contribution in [0.25, 0.3) is 11.2 Å². The average molecular weight is 324 g/mol. The van der Waals surface area contributed by atoms with Gasteiger partial charge in [0.2, 0.25) is 5.95 Å². The minimum Gasteiger partial charge on any atom is -0.394 e. The van der Waals surface area contributed by atoms with Gasteiger partial charge < -0.3 is 20.7 Å². The van der Waals surface area contributed by atoms with Crippen LogP contribution in [0.5, 0.6) is 0 Å². The van der Waals surface area contributed by atoms with Crippen molar-refractivity contribution in [3.05, 3.63) is 16.7 Å². The Morgan fingerprint density at radius 3 is 2.91 bits per heavy atom. The number of hydrogen-bond donors (Lipinski definition) is 3. The summed E-state index contributed by atoms with van der Waals surface area (Å²) in [7, 11) is 0. The smallest absolute Gasteiger partial charge is 0.333 e. The summed E-state index contributed by atoms with van der Waals surface area (Å²) >= 11 is 0. The Labute approximate surface area is 128 Å². The van der Waals surface area contributed by atoms with Gasteiger partial charge >= 0.3 is 5.69 Å². The Morgan fingerprint density at radius 1 is 1.57 bits per heavy atom. The molecule has 0 radical (unpaired) electrons. The van der Waals surface area contributed by atoms with E-state index in [2.05, 4.69) is 9.97 Å². The number of nitrogens with two attached hydrogens (primary N) is 1. The van der Waals surface area contributed by atoms with Crippen molar-refractivity contribution in [3.8, 4) is 6.07 Å². The lowest BCUT2D eigenvalue weighted by Crippen LogP contribution is -2.34. The van der Waals surface area contributed by atoms with E-state index in [1.807, 2.05) is 6.07 Å². The fourth-order valence-electron chi connectivity index (χ4n) is 2.59. The lowest BCUT2D eigenvalue weighted by atomic mass is 10.1. The number of ether oxygens (including phenoxy) is 1. The van der Waals surface area contributed by atoms with Crippen LogP contribution in [0.1, 0.15) is 6.23 Å². The van der Waals surface area contributed by atoms with Crippen molar-refractivity contribution in [2.24, 2.45) is 0 Å². The van der Waals surface area contributed by atoms with Crippen LogP contribution in [0, 0.1) is 11.3 Å². The molecule has 0 saturated carbocycles. The van der Waals surface area contributed by atoms with Gasteiger partial charge in [-0.3, -0.25) is 4.57 Å². The third-order valence-corrected chi connectivity index (χ3v) is 3.68. The van der Waals surface area contributed by atoms with Crippen molar-refractivity contribution in [1.82, 2.24) is 19.1 Å². The monoisotopic (exact) mass is 324 g/mol. The quantitative estimate of drug-likeness (QED) is 0.603. The second-order valence-electron chi connectivity index (χ2n) is 5.02. The predicted molar refractivity (Wildman–Crippen MR) is 73.7 cm³/mol. The number of nitriles is 1. The zero-order valence-electron chi connectivity index (χ0n) is 11.7. The topological polar surface area (TPSA) is 152 Å². The Hall–Kier alpha value is -2.55. The molecule has 0 spiro atoms. The first-order valence-electron chi connectivity index (χ1n) is 6.68. The summed E-state index contributed by atoms with van der Waals surface area (Å²) in [4.78, 5) is 20.2. The number of halogens is 1. The van der Waals surface area contributed by atoms with Gasteiger partial charge in [-0.1, -0.05) is 0 Å². The van der Waals surface area contributed by atoms with Gasteiger partial charge in [-0.2, -0.15) is 10.2 Å². The molecule has 0 aliphatic carbocycles. The zero-order valence-corrected chi connectivity index (χ0v) is 11.7. The van der Waals surface area contributed by atoms with E-state index in [-0.39, 0.29) is 23.7 Å². The lowest BCUT2D eigenvalue weighted by Gasteiger charge is -2.15. The van der Waals surface area contributed by atoms with Crippen molar-refractivity contribution < 1.29 is 19.3 Å². The number of aliphatic hydroxyl groups excluding tert-OH is 2. The fourth-order valence-corrected chi connectivity index (χ4v) is 2.59. The van der Waals surface area contributed by atoms with Crippen molar-refractivity contribution in [2.45, 2.75) is 31.2 Å². The minimum absolute atomic E-state index is 0.00703. The molecular weight excluding hydrogens is 311 g/mol. The van der Waals surface area contributed by atoms with E-state index in [0.717, 1.165) is 9.13 Å². The molecule has 11 heteroatoms. The maximum atomic E-state index is 13.9. The lowest BCUT2D eigenvalue weighted by molar-refractivity contribution is -0.0513. The van der Waals surface area contributed by atoms with E-state index >= 15 is 0 Å². The molecule has 2 aromatic rings. The highest BCUT2D eigenvalue weighted by molar-refractivity contribution is 5.72. The molecule has 0 aromatic carbocycles. The number of anilines is 1. The Balaban J connectivity index is 2.22. The summed E-state index contributed by atoms with van der Waals surface area (Å²) in [6.07, 6.45) is -4.96. The van der Waals surface area contributed by atoms with Crippen molar-refractivity contribution in [2.75, 3.05) is 12.3 Å². The van der Waals surface area contributed by atoms with Crippen molar-refractivity contribution >= 4 is 17.1 Å². The SMILES string of the molecule is N#CCn1c(=O)n([C@@H]2O[C@H](CO)[C@@H](F)[C@H]2O)c2nc(N)ncc21. The molecule has 0 amide bonds. The summed E-state index contributed by atoms with van der Waals surface area (Å²) in [5, 5.41) is 27.9. The molecule has 2 aromatic heterocycles. The summed E-state index contributed by atoms with van der Waals surface area (Å²) in [6.45, 7) is -0.946. The van der Waals surface area contributed by atoms with Gasteiger partial charge in [0.15, 0.2) is 18.0 Å². The van der Waals surface area contributed by atoms with Crippen LogP contribution >= 0.6 is 0 Å². The fraction of sp³-hybridized carbons (Fsp3) is 0.500. The summed E-state index contributed by atoms with van der Waals surface area (Å²) in [5.41, 5.74) is 4.99.